The molecule has 0 saturated carbocycles. The zero-order chi connectivity index (χ0) is 20.5. The summed E-state index contributed by atoms with van der Waals surface area (Å²) in [6, 6.07) is 8.54. The van der Waals surface area contributed by atoms with E-state index in [0.29, 0.717) is 16.9 Å². The van der Waals surface area contributed by atoms with Gasteiger partial charge in [-0.25, -0.2) is 12.8 Å². The lowest BCUT2D eigenvalue weighted by molar-refractivity contribution is -0.116. The number of nitrogens with one attached hydrogen (secondary N) is 2. The maximum Gasteiger partial charge on any atom is 0.285 e. The fourth-order valence-corrected chi connectivity index (χ4v) is 4.49. The monoisotopic (exact) mass is 423 g/mol. The van der Waals surface area contributed by atoms with Gasteiger partial charge in [0, 0.05) is 36.8 Å². The number of carbonyl (C=O) groups is 2. The van der Waals surface area contributed by atoms with Crippen LogP contribution >= 0.6 is 11.8 Å². The maximum atomic E-state index is 14.4. The quantitative estimate of drug-likeness (QED) is 0.736. The summed E-state index contributed by atoms with van der Waals surface area (Å²) in [6.07, 6.45) is 0.549. The SMILES string of the molecule is CN(C)C(=O)Sc1cccc(NS(=O)(=O)c2cc3c(cc2F)NC(=O)CC3)c1. The smallest absolute Gasteiger partial charge is 0.285 e. The Hall–Kier alpha value is -2.59. The second-order valence-electron chi connectivity index (χ2n) is 6.38. The van der Waals surface area contributed by atoms with Crippen LogP contribution in [0, 0.1) is 5.82 Å². The van der Waals surface area contributed by atoms with Gasteiger partial charge in [-0.1, -0.05) is 6.07 Å². The lowest BCUT2D eigenvalue weighted by Gasteiger charge is -2.18. The molecule has 7 nitrogen and oxygen atoms in total. The van der Waals surface area contributed by atoms with Crippen molar-refractivity contribution in [1.82, 2.24) is 4.90 Å². The van der Waals surface area contributed by atoms with Gasteiger partial charge < -0.3 is 10.2 Å². The number of fused-ring (bicyclic) bond motifs is 1. The summed E-state index contributed by atoms with van der Waals surface area (Å²) in [5.74, 6) is -1.19. The van der Waals surface area contributed by atoms with Gasteiger partial charge in [-0.2, -0.15) is 0 Å². The van der Waals surface area contributed by atoms with E-state index in [1.165, 1.54) is 23.1 Å². The van der Waals surface area contributed by atoms with Crippen molar-refractivity contribution in [2.45, 2.75) is 22.6 Å². The van der Waals surface area contributed by atoms with E-state index in [0.717, 1.165) is 17.8 Å². The van der Waals surface area contributed by atoms with Crippen LogP contribution in [0.25, 0.3) is 0 Å². The fourth-order valence-electron chi connectivity index (χ4n) is 2.61. The summed E-state index contributed by atoms with van der Waals surface area (Å²) in [7, 11) is -0.966. The zero-order valence-corrected chi connectivity index (χ0v) is 16.8. The Morgan fingerprint density at radius 1 is 1.21 bits per heavy atom. The van der Waals surface area contributed by atoms with Crippen molar-refractivity contribution in [3.63, 3.8) is 0 Å². The average molecular weight is 423 g/mol. The molecule has 1 aliphatic heterocycles. The van der Waals surface area contributed by atoms with Gasteiger partial charge in [0.05, 0.1) is 0 Å². The molecule has 2 aromatic rings. The minimum atomic E-state index is -4.19. The van der Waals surface area contributed by atoms with Gasteiger partial charge in [-0.05, 0) is 54.1 Å². The molecule has 0 bridgehead atoms. The highest BCUT2D eigenvalue weighted by Gasteiger charge is 2.24. The maximum absolute atomic E-state index is 14.4. The largest absolute Gasteiger partial charge is 0.339 e. The van der Waals surface area contributed by atoms with Gasteiger partial charge >= 0.3 is 0 Å². The second-order valence-corrected chi connectivity index (χ2v) is 9.06. The van der Waals surface area contributed by atoms with Crippen LogP contribution in [0.1, 0.15) is 12.0 Å². The highest BCUT2D eigenvalue weighted by Crippen LogP contribution is 2.30. The predicted molar refractivity (Wildman–Crippen MR) is 106 cm³/mol. The van der Waals surface area contributed by atoms with Gasteiger partial charge in [0.25, 0.3) is 15.3 Å². The average Bonchev–Trinajstić information content (AvgIpc) is 2.60. The van der Waals surface area contributed by atoms with Crippen LogP contribution < -0.4 is 10.0 Å². The molecular weight excluding hydrogens is 405 g/mol. The third-order valence-corrected chi connectivity index (χ3v) is 6.43. The first-order valence-corrected chi connectivity index (χ1v) is 10.6. The van der Waals surface area contributed by atoms with Crippen molar-refractivity contribution in [1.29, 1.82) is 0 Å². The van der Waals surface area contributed by atoms with E-state index in [4.69, 9.17) is 0 Å². The number of anilines is 2. The lowest BCUT2D eigenvalue weighted by Crippen LogP contribution is -2.21. The van der Waals surface area contributed by atoms with Gasteiger partial charge in [0.1, 0.15) is 10.7 Å². The number of thioether (sulfide) groups is 1. The minimum Gasteiger partial charge on any atom is -0.339 e. The van der Waals surface area contributed by atoms with Gasteiger partial charge in [0.2, 0.25) is 5.91 Å². The number of carbonyl (C=O) groups excluding carboxylic acids is 2. The van der Waals surface area contributed by atoms with E-state index in [1.807, 2.05) is 0 Å². The number of aryl methyl sites for hydroxylation is 1. The molecule has 1 aliphatic rings. The molecule has 148 valence electrons. The Morgan fingerprint density at radius 2 is 1.96 bits per heavy atom. The molecule has 28 heavy (non-hydrogen) atoms. The molecule has 0 saturated heterocycles. The van der Waals surface area contributed by atoms with Crippen molar-refractivity contribution >= 4 is 44.3 Å². The summed E-state index contributed by atoms with van der Waals surface area (Å²) < 4.78 is 42.1. The van der Waals surface area contributed by atoms with Crippen molar-refractivity contribution < 1.29 is 22.4 Å². The molecule has 2 amide bonds. The summed E-state index contributed by atoms with van der Waals surface area (Å²) in [5, 5.41) is 2.33. The van der Waals surface area contributed by atoms with E-state index in [-0.39, 0.29) is 28.9 Å². The molecule has 10 heteroatoms. The highest BCUT2D eigenvalue weighted by atomic mass is 32.2. The number of sulfonamides is 1. The third kappa shape index (κ3) is 4.45. The number of hydrogen-bond acceptors (Lipinski definition) is 5. The summed E-state index contributed by atoms with van der Waals surface area (Å²) in [6.45, 7) is 0. The van der Waals surface area contributed by atoms with Crippen LogP contribution in [0.4, 0.5) is 20.6 Å². The molecule has 0 aliphatic carbocycles. The topological polar surface area (TPSA) is 95.6 Å². The number of halogens is 1. The normalized spacial score (nSPS) is 13.5. The number of amides is 2. The van der Waals surface area contributed by atoms with E-state index in [1.54, 1.807) is 26.2 Å². The Balaban J connectivity index is 1.87. The van der Waals surface area contributed by atoms with E-state index >= 15 is 0 Å². The van der Waals surface area contributed by atoms with Crippen LogP contribution in [-0.2, 0) is 21.2 Å². The first kappa shape index (κ1) is 20.2. The first-order valence-electron chi connectivity index (χ1n) is 8.30. The van der Waals surface area contributed by atoms with Gasteiger partial charge in [0.15, 0.2) is 0 Å². The molecule has 0 aromatic heterocycles. The van der Waals surface area contributed by atoms with E-state index in [2.05, 4.69) is 10.0 Å². The van der Waals surface area contributed by atoms with Crippen molar-refractivity contribution in [3.05, 3.63) is 47.8 Å². The predicted octanol–water partition coefficient (Wildman–Crippen LogP) is 3.28. The molecule has 0 atom stereocenters. The molecule has 0 spiro atoms. The molecule has 0 unspecified atom stereocenters. The number of rotatable bonds is 4. The number of nitrogens with zero attached hydrogens (tertiary/aromatic N) is 1. The second kappa shape index (κ2) is 7.80. The van der Waals surface area contributed by atoms with Crippen LogP contribution in [0.3, 0.4) is 0 Å². The Morgan fingerprint density at radius 3 is 2.68 bits per heavy atom. The number of benzene rings is 2. The van der Waals surface area contributed by atoms with Crippen molar-refractivity contribution in [3.8, 4) is 0 Å². The lowest BCUT2D eigenvalue weighted by atomic mass is 10.0. The number of hydrogen-bond donors (Lipinski definition) is 2. The van der Waals surface area contributed by atoms with Crippen LogP contribution in [0.2, 0.25) is 0 Å². The highest BCUT2D eigenvalue weighted by molar-refractivity contribution is 8.13. The zero-order valence-electron chi connectivity index (χ0n) is 15.2. The van der Waals surface area contributed by atoms with Crippen LogP contribution in [0.5, 0.6) is 0 Å². The van der Waals surface area contributed by atoms with Crippen molar-refractivity contribution in [2.75, 3.05) is 24.1 Å². The van der Waals surface area contributed by atoms with Crippen LogP contribution in [0.15, 0.2) is 46.2 Å². The fraction of sp³-hybridized carbons (Fsp3) is 0.222. The van der Waals surface area contributed by atoms with E-state index < -0.39 is 20.7 Å². The third-order valence-electron chi connectivity index (χ3n) is 4.00. The molecule has 2 N–H and O–H groups in total. The summed E-state index contributed by atoms with van der Waals surface area (Å²) >= 11 is 0.948. The molecule has 1 heterocycles. The molecule has 0 radical (unpaired) electrons. The molecule has 3 rings (SSSR count). The Bertz CT molecular complexity index is 1050. The van der Waals surface area contributed by atoms with E-state index in [9.17, 15) is 22.4 Å². The minimum absolute atomic E-state index is 0.206. The first-order chi connectivity index (χ1) is 13.2. The molecule has 2 aromatic carbocycles. The summed E-state index contributed by atoms with van der Waals surface area (Å²) in [4.78, 5) is 24.7. The molecular formula is C18H18FN3O4S2. The summed E-state index contributed by atoms with van der Waals surface area (Å²) in [5.41, 5.74) is 1.05. The van der Waals surface area contributed by atoms with Crippen LogP contribution in [-0.4, -0.2) is 38.6 Å². The van der Waals surface area contributed by atoms with Gasteiger partial charge in [-0.3, -0.25) is 14.3 Å². The Labute approximate surface area is 166 Å². The molecule has 0 fully saturated rings. The standard InChI is InChI=1S/C18H18FN3O4S2/c1-22(2)18(24)27-13-5-3-4-12(9-13)21-28(25,26)16-8-11-6-7-17(23)20-15(11)10-14(16)19/h3-5,8-10,21H,6-7H2,1-2H3,(H,20,23). The Kier molecular flexibility index (Phi) is 5.61. The van der Waals surface area contributed by atoms with Crippen molar-refractivity contribution in [2.24, 2.45) is 0 Å². The van der Waals surface area contributed by atoms with Gasteiger partial charge in [-0.15, -0.1) is 0 Å².